The van der Waals surface area contributed by atoms with E-state index in [1.54, 1.807) is 4.90 Å². The second-order valence-corrected chi connectivity index (χ2v) is 5.74. The molecule has 0 aromatic carbocycles. The predicted octanol–water partition coefficient (Wildman–Crippen LogP) is 1.88. The number of hydrogen-bond acceptors (Lipinski definition) is 2. The number of carbonyl (C=O) groups is 1. The van der Waals surface area contributed by atoms with Crippen molar-refractivity contribution in [2.45, 2.75) is 44.6 Å². The topological polar surface area (TPSA) is 32.3 Å². The standard InChI is InChI=1S/C13H22F2N2O/c1-9-8-17(6-4-11(9)16-2)12(18)10-3-5-13(14,15)7-10/h9-11,16H,3-8H2,1-2H3. The summed E-state index contributed by atoms with van der Waals surface area (Å²) in [5.74, 6) is -2.77. The minimum atomic E-state index is -2.63. The van der Waals surface area contributed by atoms with Crippen LogP contribution in [0.5, 0.6) is 0 Å². The summed E-state index contributed by atoms with van der Waals surface area (Å²) in [6, 6.07) is 0.430. The average molecular weight is 260 g/mol. The zero-order valence-corrected chi connectivity index (χ0v) is 11.1. The molecule has 18 heavy (non-hydrogen) atoms. The van der Waals surface area contributed by atoms with Crippen LogP contribution in [0.25, 0.3) is 0 Å². The molecule has 3 atom stereocenters. The Morgan fingerprint density at radius 3 is 2.61 bits per heavy atom. The maximum Gasteiger partial charge on any atom is 0.248 e. The molecule has 2 fully saturated rings. The number of carbonyl (C=O) groups excluding carboxylic acids is 1. The summed E-state index contributed by atoms with van der Waals surface area (Å²) in [5, 5.41) is 3.24. The second-order valence-electron chi connectivity index (χ2n) is 5.74. The molecule has 1 saturated carbocycles. The third kappa shape index (κ3) is 2.82. The van der Waals surface area contributed by atoms with E-state index in [9.17, 15) is 13.6 Å². The minimum Gasteiger partial charge on any atom is -0.342 e. The monoisotopic (exact) mass is 260 g/mol. The molecule has 1 amide bonds. The summed E-state index contributed by atoms with van der Waals surface area (Å²) in [5.41, 5.74) is 0. The van der Waals surface area contributed by atoms with Gasteiger partial charge in [0.25, 0.3) is 0 Å². The van der Waals surface area contributed by atoms with E-state index < -0.39 is 11.8 Å². The van der Waals surface area contributed by atoms with Gasteiger partial charge in [-0.1, -0.05) is 6.92 Å². The Kier molecular flexibility index (Phi) is 3.90. The van der Waals surface area contributed by atoms with Crippen molar-refractivity contribution in [3.05, 3.63) is 0 Å². The molecule has 0 bridgehead atoms. The molecule has 0 aromatic heterocycles. The molecular formula is C13H22F2N2O. The highest BCUT2D eigenvalue weighted by molar-refractivity contribution is 5.79. The molecule has 0 aromatic rings. The number of halogens is 2. The van der Waals surface area contributed by atoms with Crippen LogP contribution in [0.3, 0.4) is 0 Å². The summed E-state index contributed by atoms with van der Waals surface area (Å²) < 4.78 is 26.3. The smallest absolute Gasteiger partial charge is 0.248 e. The zero-order chi connectivity index (χ0) is 13.3. The second kappa shape index (κ2) is 5.11. The van der Waals surface area contributed by atoms with Gasteiger partial charge >= 0.3 is 0 Å². The first-order chi connectivity index (χ1) is 8.43. The highest BCUT2D eigenvalue weighted by atomic mass is 19.3. The molecule has 5 heteroatoms. The molecule has 0 spiro atoms. The number of amides is 1. The molecule has 1 N–H and O–H groups in total. The Morgan fingerprint density at radius 2 is 2.11 bits per heavy atom. The molecule has 1 heterocycles. The van der Waals surface area contributed by atoms with Crippen molar-refractivity contribution in [1.82, 2.24) is 10.2 Å². The van der Waals surface area contributed by atoms with Crippen LogP contribution in [-0.4, -0.2) is 42.9 Å². The van der Waals surface area contributed by atoms with Gasteiger partial charge in [-0.3, -0.25) is 4.79 Å². The Hall–Kier alpha value is -0.710. The van der Waals surface area contributed by atoms with Gasteiger partial charge in [-0.2, -0.15) is 0 Å². The van der Waals surface area contributed by atoms with Crippen LogP contribution in [0, 0.1) is 11.8 Å². The molecule has 3 unspecified atom stereocenters. The molecule has 1 aliphatic heterocycles. The van der Waals surface area contributed by atoms with E-state index in [0.717, 1.165) is 6.42 Å². The van der Waals surface area contributed by atoms with Gasteiger partial charge in [-0.15, -0.1) is 0 Å². The zero-order valence-electron chi connectivity index (χ0n) is 11.1. The fraction of sp³-hybridized carbons (Fsp3) is 0.923. The SMILES string of the molecule is CNC1CCN(C(=O)C2CCC(F)(F)C2)CC1C. The highest BCUT2D eigenvalue weighted by Crippen LogP contribution is 2.40. The number of alkyl halides is 2. The highest BCUT2D eigenvalue weighted by Gasteiger charge is 2.44. The van der Waals surface area contributed by atoms with Crippen LogP contribution in [0.15, 0.2) is 0 Å². The molecule has 3 nitrogen and oxygen atoms in total. The van der Waals surface area contributed by atoms with Gasteiger partial charge in [0.15, 0.2) is 0 Å². The Morgan fingerprint density at radius 1 is 1.39 bits per heavy atom. The normalized spacial score (nSPS) is 35.8. The average Bonchev–Trinajstić information content (AvgIpc) is 2.68. The van der Waals surface area contributed by atoms with Gasteiger partial charge in [-0.25, -0.2) is 8.78 Å². The fourth-order valence-electron chi connectivity index (χ4n) is 3.19. The first-order valence-electron chi connectivity index (χ1n) is 6.77. The molecule has 0 radical (unpaired) electrons. The van der Waals surface area contributed by atoms with Crippen molar-refractivity contribution in [2.24, 2.45) is 11.8 Å². The Balaban J connectivity index is 1.91. The molecule has 2 rings (SSSR count). The first kappa shape index (κ1) is 13.7. The maximum atomic E-state index is 13.1. The molecule has 1 aliphatic carbocycles. The minimum absolute atomic E-state index is 0.0615. The van der Waals surface area contributed by atoms with E-state index in [2.05, 4.69) is 12.2 Å². The van der Waals surface area contributed by atoms with Crippen LogP contribution in [-0.2, 0) is 4.79 Å². The lowest BCUT2D eigenvalue weighted by Crippen LogP contribution is -2.50. The van der Waals surface area contributed by atoms with Crippen molar-refractivity contribution in [3.63, 3.8) is 0 Å². The molecule has 1 saturated heterocycles. The van der Waals surface area contributed by atoms with Gasteiger partial charge in [-0.05, 0) is 25.8 Å². The van der Waals surface area contributed by atoms with Crippen LogP contribution < -0.4 is 5.32 Å². The Bertz CT molecular complexity index is 322. The van der Waals surface area contributed by atoms with E-state index in [1.165, 1.54) is 0 Å². The summed E-state index contributed by atoms with van der Waals surface area (Å²) >= 11 is 0. The summed E-state index contributed by atoms with van der Waals surface area (Å²) in [6.07, 6.45) is 0.858. The lowest BCUT2D eigenvalue weighted by Gasteiger charge is -2.38. The third-order valence-electron chi connectivity index (χ3n) is 4.34. The van der Waals surface area contributed by atoms with Crippen LogP contribution >= 0.6 is 0 Å². The molecule has 104 valence electrons. The van der Waals surface area contributed by atoms with Crippen LogP contribution in [0.4, 0.5) is 8.78 Å². The lowest BCUT2D eigenvalue weighted by atomic mass is 9.92. The van der Waals surface area contributed by atoms with E-state index >= 15 is 0 Å². The van der Waals surface area contributed by atoms with Gasteiger partial charge < -0.3 is 10.2 Å². The van der Waals surface area contributed by atoms with Gasteiger partial charge in [0, 0.05) is 37.9 Å². The summed E-state index contributed by atoms with van der Waals surface area (Å²) in [6.45, 7) is 3.48. The largest absolute Gasteiger partial charge is 0.342 e. The molecule has 2 aliphatic rings. The number of nitrogens with zero attached hydrogens (tertiary/aromatic N) is 1. The van der Waals surface area contributed by atoms with Crippen molar-refractivity contribution in [3.8, 4) is 0 Å². The number of piperidine rings is 1. The van der Waals surface area contributed by atoms with E-state index in [1.807, 2.05) is 7.05 Å². The van der Waals surface area contributed by atoms with Crippen molar-refractivity contribution in [1.29, 1.82) is 0 Å². The van der Waals surface area contributed by atoms with Crippen LogP contribution in [0.1, 0.15) is 32.6 Å². The van der Waals surface area contributed by atoms with Crippen molar-refractivity contribution in [2.75, 3.05) is 20.1 Å². The predicted molar refractivity (Wildman–Crippen MR) is 65.5 cm³/mol. The number of nitrogens with one attached hydrogen (secondary N) is 1. The van der Waals surface area contributed by atoms with Crippen LogP contribution in [0.2, 0.25) is 0 Å². The van der Waals surface area contributed by atoms with E-state index in [-0.39, 0.29) is 18.7 Å². The quantitative estimate of drug-likeness (QED) is 0.822. The fourth-order valence-corrected chi connectivity index (χ4v) is 3.19. The summed E-state index contributed by atoms with van der Waals surface area (Å²) in [7, 11) is 1.93. The van der Waals surface area contributed by atoms with Gasteiger partial charge in [0.2, 0.25) is 11.8 Å². The number of likely N-dealkylation sites (tertiary alicyclic amines) is 1. The van der Waals surface area contributed by atoms with E-state index in [4.69, 9.17) is 0 Å². The lowest BCUT2D eigenvalue weighted by molar-refractivity contribution is -0.138. The van der Waals surface area contributed by atoms with Gasteiger partial charge in [0.1, 0.15) is 0 Å². The van der Waals surface area contributed by atoms with Gasteiger partial charge in [0.05, 0.1) is 0 Å². The first-order valence-corrected chi connectivity index (χ1v) is 6.77. The summed E-state index contributed by atoms with van der Waals surface area (Å²) in [4.78, 5) is 14.0. The third-order valence-corrected chi connectivity index (χ3v) is 4.34. The number of rotatable bonds is 2. The van der Waals surface area contributed by atoms with Crippen molar-refractivity contribution >= 4 is 5.91 Å². The van der Waals surface area contributed by atoms with E-state index in [0.29, 0.717) is 31.5 Å². The molecular weight excluding hydrogens is 238 g/mol. The van der Waals surface area contributed by atoms with Crippen molar-refractivity contribution < 1.29 is 13.6 Å². The number of hydrogen-bond donors (Lipinski definition) is 1. The maximum absolute atomic E-state index is 13.1. The Labute approximate surface area is 107 Å².